The fourth-order valence-electron chi connectivity index (χ4n) is 2.75. The van der Waals surface area contributed by atoms with Crippen molar-refractivity contribution >= 4 is 29.4 Å². The van der Waals surface area contributed by atoms with Gasteiger partial charge in [-0.2, -0.15) is 0 Å². The zero-order valence-corrected chi connectivity index (χ0v) is 14.5. The number of anilines is 2. The van der Waals surface area contributed by atoms with Gasteiger partial charge in [0.25, 0.3) is 11.8 Å². The van der Waals surface area contributed by atoms with Crippen LogP contribution in [-0.4, -0.2) is 44.3 Å². The van der Waals surface area contributed by atoms with Gasteiger partial charge in [0, 0.05) is 42.6 Å². The van der Waals surface area contributed by atoms with Crippen LogP contribution in [0.5, 0.6) is 0 Å². The molecule has 0 saturated carbocycles. The fourth-order valence-corrected chi connectivity index (χ4v) is 2.75. The highest BCUT2D eigenvalue weighted by atomic mass is 16.5. The predicted octanol–water partition coefficient (Wildman–Crippen LogP) is 0.946. The van der Waals surface area contributed by atoms with Crippen molar-refractivity contribution in [2.45, 2.75) is 6.92 Å². The van der Waals surface area contributed by atoms with Gasteiger partial charge in [-0.25, -0.2) is 0 Å². The number of allylic oxidation sites excluding steroid dienone is 1. The molecule has 2 amide bonds. The predicted molar refractivity (Wildman–Crippen MR) is 98.9 cm³/mol. The maximum atomic E-state index is 12.5. The van der Waals surface area contributed by atoms with E-state index < -0.39 is 11.8 Å². The van der Waals surface area contributed by atoms with Gasteiger partial charge in [0.1, 0.15) is 5.70 Å². The van der Waals surface area contributed by atoms with E-state index in [9.17, 15) is 9.59 Å². The number of nitrogens with one attached hydrogen (secondary N) is 4. The molecule has 0 bridgehead atoms. The number of carbonyl (C=O) groups is 2. The van der Waals surface area contributed by atoms with Crippen LogP contribution in [0.3, 0.4) is 0 Å². The SMILES string of the molecule is CC1=CNC(=O)/C(=C(/C=N)C(=O)Nc2ccc(N3CCOCC3)cc2)N1. The molecule has 4 N–H and O–H groups in total. The van der Waals surface area contributed by atoms with Crippen LogP contribution in [0.15, 0.2) is 47.4 Å². The molecular formula is C18H21N5O3. The Bertz CT molecular complexity index is 777. The molecule has 1 aromatic carbocycles. The fraction of sp³-hybridized carbons (Fsp3) is 0.278. The lowest BCUT2D eigenvalue weighted by molar-refractivity contribution is -0.118. The van der Waals surface area contributed by atoms with Gasteiger partial charge >= 0.3 is 0 Å². The molecule has 0 spiro atoms. The second-order valence-corrected chi connectivity index (χ2v) is 5.96. The normalized spacial score (nSPS) is 19.0. The number of hydrogen-bond donors (Lipinski definition) is 4. The minimum atomic E-state index is -0.522. The molecule has 2 aliphatic rings. The topological polar surface area (TPSA) is 107 Å². The van der Waals surface area contributed by atoms with Gasteiger partial charge in [-0.15, -0.1) is 0 Å². The van der Waals surface area contributed by atoms with Gasteiger partial charge in [0.2, 0.25) is 0 Å². The summed E-state index contributed by atoms with van der Waals surface area (Å²) in [6, 6.07) is 7.45. The van der Waals surface area contributed by atoms with E-state index in [1.54, 1.807) is 19.1 Å². The van der Waals surface area contributed by atoms with E-state index in [4.69, 9.17) is 10.1 Å². The molecule has 2 heterocycles. The molecule has 1 aromatic rings. The Kier molecular flexibility index (Phi) is 5.33. The second kappa shape index (κ2) is 7.83. The van der Waals surface area contributed by atoms with Crippen molar-refractivity contribution in [3.05, 3.63) is 47.4 Å². The molecule has 8 nitrogen and oxygen atoms in total. The molecule has 0 atom stereocenters. The number of ether oxygens (including phenoxy) is 1. The lowest BCUT2D eigenvalue weighted by atomic mass is 10.1. The van der Waals surface area contributed by atoms with E-state index in [1.807, 2.05) is 12.1 Å². The van der Waals surface area contributed by atoms with E-state index in [0.29, 0.717) is 24.6 Å². The summed E-state index contributed by atoms with van der Waals surface area (Å²) >= 11 is 0. The average molecular weight is 355 g/mol. The second-order valence-electron chi connectivity index (χ2n) is 5.96. The molecule has 2 aliphatic heterocycles. The highest BCUT2D eigenvalue weighted by Crippen LogP contribution is 2.19. The third kappa shape index (κ3) is 3.92. The smallest absolute Gasteiger partial charge is 0.272 e. The lowest BCUT2D eigenvalue weighted by Gasteiger charge is -2.28. The van der Waals surface area contributed by atoms with Crippen molar-refractivity contribution in [2.24, 2.45) is 0 Å². The van der Waals surface area contributed by atoms with Crippen molar-refractivity contribution in [2.75, 3.05) is 36.5 Å². The standard InChI is InChI=1S/C18H21N5O3/c1-12-11-20-18(25)16(21-12)15(10-19)17(24)22-13-2-4-14(5-3-13)23-6-8-26-9-7-23/h2-5,10-11,19,21H,6-9H2,1H3,(H,20,25)(H,22,24)/b16-15+,19-10?. The average Bonchev–Trinajstić information content (AvgIpc) is 2.66. The van der Waals surface area contributed by atoms with Crippen molar-refractivity contribution in [3.8, 4) is 0 Å². The number of rotatable bonds is 4. The quantitative estimate of drug-likeness (QED) is 0.475. The molecule has 0 aliphatic carbocycles. The molecule has 136 valence electrons. The lowest BCUT2D eigenvalue weighted by Crippen LogP contribution is -2.37. The van der Waals surface area contributed by atoms with Crippen LogP contribution < -0.4 is 20.9 Å². The minimum Gasteiger partial charge on any atom is -0.378 e. The van der Waals surface area contributed by atoms with Gasteiger partial charge in [0.05, 0.1) is 18.8 Å². The van der Waals surface area contributed by atoms with E-state index in [1.165, 1.54) is 6.20 Å². The van der Waals surface area contributed by atoms with Gasteiger partial charge in [-0.1, -0.05) is 0 Å². The van der Waals surface area contributed by atoms with Crippen LogP contribution in [0.25, 0.3) is 0 Å². The zero-order chi connectivity index (χ0) is 18.5. The molecule has 3 rings (SSSR count). The third-order valence-corrected chi connectivity index (χ3v) is 4.13. The Balaban J connectivity index is 1.73. The highest BCUT2D eigenvalue weighted by molar-refractivity contribution is 6.21. The van der Waals surface area contributed by atoms with E-state index >= 15 is 0 Å². The number of morpholine rings is 1. The number of carbonyl (C=O) groups excluding carboxylic acids is 2. The Labute approximate surface area is 151 Å². The van der Waals surface area contributed by atoms with Crippen LogP contribution >= 0.6 is 0 Å². The monoisotopic (exact) mass is 355 g/mol. The first-order chi connectivity index (χ1) is 12.6. The van der Waals surface area contributed by atoms with Gasteiger partial charge < -0.3 is 31.0 Å². The molecule has 0 aromatic heterocycles. The summed E-state index contributed by atoms with van der Waals surface area (Å²) in [5, 5.41) is 15.6. The molecular weight excluding hydrogens is 334 g/mol. The summed E-state index contributed by atoms with van der Waals surface area (Å²) in [5.41, 5.74) is 2.36. The number of hydrogen-bond acceptors (Lipinski definition) is 6. The summed E-state index contributed by atoms with van der Waals surface area (Å²) in [4.78, 5) is 26.7. The number of nitrogens with zero attached hydrogens (tertiary/aromatic N) is 1. The summed E-state index contributed by atoms with van der Waals surface area (Å²) in [6.07, 6.45) is 2.38. The molecule has 26 heavy (non-hydrogen) atoms. The molecule has 1 fully saturated rings. The maximum absolute atomic E-state index is 12.5. The Morgan fingerprint density at radius 2 is 1.96 bits per heavy atom. The molecule has 0 radical (unpaired) electrons. The van der Waals surface area contributed by atoms with Gasteiger partial charge in [0.15, 0.2) is 0 Å². The first kappa shape index (κ1) is 17.7. The number of amides is 2. The van der Waals surface area contributed by atoms with E-state index in [0.717, 1.165) is 25.0 Å². The summed E-state index contributed by atoms with van der Waals surface area (Å²) in [6.45, 7) is 4.84. The van der Waals surface area contributed by atoms with Crippen LogP contribution in [0.2, 0.25) is 0 Å². The third-order valence-electron chi connectivity index (χ3n) is 4.13. The first-order valence-electron chi connectivity index (χ1n) is 8.32. The summed E-state index contributed by atoms with van der Waals surface area (Å²) < 4.78 is 5.34. The zero-order valence-electron chi connectivity index (χ0n) is 14.5. The first-order valence-corrected chi connectivity index (χ1v) is 8.32. The summed E-state index contributed by atoms with van der Waals surface area (Å²) in [7, 11) is 0. The largest absolute Gasteiger partial charge is 0.378 e. The number of benzene rings is 1. The summed E-state index contributed by atoms with van der Waals surface area (Å²) in [5.74, 6) is -0.974. The van der Waals surface area contributed by atoms with Crippen LogP contribution in [0.4, 0.5) is 11.4 Å². The minimum absolute atomic E-state index is 0.0350. The van der Waals surface area contributed by atoms with Gasteiger partial charge in [-0.05, 0) is 31.2 Å². The van der Waals surface area contributed by atoms with Crippen molar-refractivity contribution in [1.82, 2.24) is 10.6 Å². The molecule has 1 saturated heterocycles. The van der Waals surface area contributed by atoms with E-state index in [2.05, 4.69) is 20.9 Å². The van der Waals surface area contributed by atoms with Crippen LogP contribution in [0.1, 0.15) is 6.92 Å². The van der Waals surface area contributed by atoms with E-state index in [-0.39, 0.29) is 11.3 Å². The van der Waals surface area contributed by atoms with Crippen molar-refractivity contribution in [1.29, 1.82) is 5.41 Å². The van der Waals surface area contributed by atoms with Crippen molar-refractivity contribution < 1.29 is 14.3 Å². The molecule has 0 unspecified atom stereocenters. The molecule has 8 heteroatoms. The van der Waals surface area contributed by atoms with Crippen LogP contribution in [-0.2, 0) is 14.3 Å². The van der Waals surface area contributed by atoms with Crippen molar-refractivity contribution in [3.63, 3.8) is 0 Å². The highest BCUT2D eigenvalue weighted by Gasteiger charge is 2.22. The van der Waals surface area contributed by atoms with Crippen LogP contribution in [0, 0.1) is 5.41 Å². The Morgan fingerprint density at radius 1 is 1.27 bits per heavy atom. The Morgan fingerprint density at radius 3 is 2.62 bits per heavy atom. The maximum Gasteiger partial charge on any atom is 0.272 e. The van der Waals surface area contributed by atoms with Gasteiger partial charge in [-0.3, -0.25) is 9.59 Å². The Hall–Kier alpha value is -3.13.